The summed E-state index contributed by atoms with van der Waals surface area (Å²) in [6, 6.07) is 14.9. The molecule has 0 radical (unpaired) electrons. The van der Waals surface area contributed by atoms with E-state index in [-0.39, 0.29) is 6.29 Å². The van der Waals surface area contributed by atoms with Gasteiger partial charge in [0.2, 0.25) is 6.29 Å². The van der Waals surface area contributed by atoms with E-state index in [2.05, 4.69) is 6.92 Å². The third-order valence-electron chi connectivity index (χ3n) is 4.79. The van der Waals surface area contributed by atoms with Crippen LogP contribution >= 0.6 is 0 Å². The van der Waals surface area contributed by atoms with E-state index < -0.39 is 0 Å². The molecular weight excluding hydrogens is 348 g/mol. The van der Waals surface area contributed by atoms with Gasteiger partial charge in [0, 0.05) is 29.9 Å². The Morgan fingerprint density at radius 1 is 0.679 bits per heavy atom. The molecule has 0 bridgehead atoms. The van der Waals surface area contributed by atoms with Gasteiger partial charge in [0.1, 0.15) is 11.5 Å². The maximum Gasteiger partial charge on any atom is 0.241 e. The standard InChI is InChI=1S/C24H36N2O2/c1-2-3-4-5-6-7-8-9-10-17-24(27-22-15-11-13-20(25)18-22)28-23-16-12-14-21(26)19-23/h11-16,18-19,24H,2-10,17,25-26H2,1H3. The van der Waals surface area contributed by atoms with Crippen molar-refractivity contribution in [2.24, 2.45) is 0 Å². The molecule has 0 saturated heterocycles. The Hall–Kier alpha value is -2.36. The van der Waals surface area contributed by atoms with Gasteiger partial charge in [0.25, 0.3) is 0 Å². The van der Waals surface area contributed by atoms with Crippen molar-refractivity contribution in [3.63, 3.8) is 0 Å². The average Bonchev–Trinajstić information content (AvgIpc) is 2.66. The fraction of sp³-hybridized carbons (Fsp3) is 0.500. The summed E-state index contributed by atoms with van der Waals surface area (Å²) in [5, 5.41) is 0. The Morgan fingerprint density at radius 3 is 1.61 bits per heavy atom. The van der Waals surface area contributed by atoms with E-state index in [0.717, 1.165) is 24.3 Å². The van der Waals surface area contributed by atoms with Gasteiger partial charge in [-0.3, -0.25) is 0 Å². The number of ether oxygens (including phenoxy) is 2. The summed E-state index contributed by atoms with van der Waals surface area (Å²) >= 11 is 0. The monoisotopic (exact) mass is 384 g/mol. The molecule has 0 atom stereocenters. The number of anilines is 2. The molecule has 0 amide bonds. The number of nitrogens with two attached hydrogens (primary N) is 2. The molecule has 0 heterocycles. The molecule has 2 aromatic rings. The van der Waals surface area contributed by atoms with Gasteiger partial charge < -0.3 is 20.9 Å². The van der Waals surface area contributed by atoms with Crippen LogP contribution in [0.3, 0.4) is 0 Å². The number of hydrogen-bond acceptors (Lipinski definition) is 4. The quantitative estimate of drug-likeness (QED) is 0.220. The molecule has 0 unspecified atom stereocenters. The molecule has 2 aromatic carbocycles. The first-order valence-corrected chi connectivity index (χ1v) is 10.7. The molecule has 4 N–H and O–H groups in total. The van der Waals surface area contributed by atoms with E-state index in [1.807, 2.05) is 48.5 Å². The smallest absolute Gasteiger partial charge is 0.241 e. The number of unbranched alkanes of at least 4 members (excludes halogenated alkanes) is 8. The first-order valence-electron chi connectivity index (χ1n) is 10.7. The van der Waals surface area contributed by atoms with E-state index in [1.54, 1.807) is 0 Å². The average molecular weight is 385 g/mol. The third kappa shape index (κ3) is 9.03. The van der Waals surface area contributed by atoms with Crippen LogP contribution < -0.4 is 20.9 Å². The summed E-state index contributed by atoms with van der Waals surface area (Å²) < 4.78 is 12.1. The largest absolute Gasteiger partial charge is 0.455 e. The van der Waals surface area contributed by atoms with Crippen LogP contribution in [0.25, 0.3) is 0 Å². The number of hydrogen-bond donors (Lipinski definition) is 2. The summed E-state index contributed by atoms with van der Waals surface area (Å²) in [7, 11) is 0. The molecule has 0 saturated carbocycles. The summed E-state index contributed by atoms with van der Waals surface area (Å²) in [6.07, 6.45) is 12.1. The van der Waals surface area contributed by atoms with Crippen LogP contribution in [0.2, 0.25) is 0 Å². The molecule has 28 heavy (non-hydrogen) atoms. The second-order valence-corrected chi connectivity index (χ2v) is 7.43. The van der Waals surface area contributed by atoms with Crippen LogP contribution in [0.15, 0.2) is 48.5 Å². The fourth-order valence-corrected chi connectivity index (χ4v) is 3.24. The molecule has 0 aliphatic rings. The van der Waals surface area contributed by atoms with Crippen LogP contribution in [0.4, 0.5) is 11.4 Å². The zero-order chi connectivity index (χ0) is 20.0. The maximum atomic E-state index is 6.07. The van der Waals surface area contributed by atoms with Crippen LogP contribution in [0.5, 0.6) is 11.5 Å². The summed E-state index contributed by atoms with van der Waals surface area (Å²) in [5.41, 5.74) is 13.1. The van der Waals surface area contributed by atoms with Crippen molar-refractivity contribution in [1.29, 1.82) is 0 Å². The van der Waals surface area contributed by atoms with Crippen molar-refractivity contribution >= 4 is 11.4 Å². The van der Waals surface area contributed by atoms with E-state index in [9.17, 15) is 0 Å². The van der Waals surface area contributed by atoms with Crippen molar-refractivity contribution in [1.82, 2.24) is 0 Å². The summed E-state index contributed by atoms with van der Waals surface area (Å²) in [6.45, 7) is 2.26. The highest BCUT2D eigenvalue weighted by atomic mass is 16.7. The molecule has 0 aromatic heterocycles. The van der Waals surface area contributed by atoms with Gasteiger partial charge >= 0.3 is 0 Å². The first kappa shape index (κ1) is 21.9. The Bertz CT molecular complexity index is 628. The number of benzene rings is 2. The molecule has 0 aliphatic heterocycles. The Balaban J connectivity index is 1.79. The van der Waals surface area contributed by atoms with E-state index in [4.69, 9.17) is 20.9 Å². The summed E-state index contributed by atoms with van der Waals surface area (Å²) in [4.78, 5) is 0. The second kappa shape index (κ2) is 12.9. The van der Waals surface area contributed by atoms with Gasteiger partial charge in [0.15, 0.2) is 0 Å². The van der Waals surface area contributed by atoms with Gasteiger partial charge in [-0.05, 0) is 30.7 Å². The highest BCUT2D eigenvalue weighted by Crippen LogP contribution is 2.23. The SMILES string of the molecule is CCCCCCCCCCCC(Oc1cccc(N)c1)Oc1cccc(N)c1. The van der Waals surface area contributed by atoms with Gasteiger partial charge in [-0.15, -0.1) is 0 Å². The van der Waals surface area contributed by atoms with Crippen molar-refractivity contribution in [3.05, 3.63) is 48.5 Å². The minimum absolute atomic E-state index is 0.354. The Morgan fingerprint density at radius 2 is 1.14 bits per heavy atom. The fourth-order valence-electron chi connectivity index (χ4n) is 3.24. The molecule has 154 valence electrons. The van der Waals surface area contributed by atoms with Crippen LogP contribution in [0, 0.1) is 0 Å². The minimum atomic E-state index is -0.354. The lowest BCUT2D eigenvalue weighted by Crippen LogP contribution is -2.24. The maximum absolute atomic E-state index is 6.07. The predicted octanol–water partition coefficient (Wildman–Crippen LogP) is 6.56. The lowest BCUT2D eigenvalue weighted by atomic mass is 10.1. The van der Waals surface area contributed by atoms with Crippen LogP contribution in [-0.4, -0.2) is 6.29 Å². The molecular formula is C24H36N2O2. The molecule has 4 heteroatoms. The predicted molar refractivity (Wildman–Crippen MR) is 119 cm³/mol. The molecule has 0 fully saturated rings. The van der Waals surface area contributed by atoms with E-state index >= 15 is 0 Å². The molecule has 4 nitrogen and oxygen atoms in total. The number of rotatable bonds is 14. The van der Waals surface area contributed by atoms with Crippen LogP contribution in [-0.2, 0) is 0 Å². The van der Waals surface area contributed by atoms with Gasteiger partial charge in [-0.1, -0.05) is 70.4 Å². The van der Waals surface area contributed by atoms with Crippen molar-refractivity contribution < 1.29 is 9.47 Å². The van der Waals surface area contributed by atoms with E-state index in [1.165, 1.54) is 51.4 Å². The highest BCUT2D eigenvalue weighted by Gasteiger charge is 2.13. The van der Waals surface area contributed by atoms with Crippen molar-refractivity contribution in [2.75, 3.05) is 11.5 Å². The number of nitrogen functional groups attached to an aromatic ring is 2. The topological polar surface area (TPSA) is 70.5 Å². The van der Waals surface area contributed by atoms with Gasteiger partial charge in [0.05, 0.1) is 0 Å². The zero-order valence-electron chi connectivity index (χ0n) is 17.2. The lowest BCUT2D eigenvalue weighted by Gasteiger charge is -2.21. The van der Waals surface area contributed by atoms with Crippen LogP contribution in [0.1, 0.15) is 71.1 Å². The molecule has 2 rings (SSSR count). The van der Waals surface area contributed by atoms with Gasteiger partial charge in [-0.2, -0.15) is 0 Å². The first-order chi connectivity index (χ1) is 13.7. The molecule has 0 spiro atoms. The Labute approximate surface area is 170 Å². The van der Waals surface area contributed by atoms with Crippen molar-refractivity contribution in [3.8, 4) is 11.5 Å². The summed E-state index contributed by atoms with van der Waals surface area (Å²) in [5.74, 6) is 1.45. The second-order valence-electron chi connectivity index (χ2n) is 7.43. The third-order valence-corrected chi connectivity index (χ3v) is 4.79. The highest BCUT2D eigenvalue weighted by molar-refractivity contribution is 5.44. The Kier molecular flexibility index (Phi) is 10.1. The lowest BCUT2D eigenvalue weighted by molar-refractivity contribution is -0.00235. The molecule has 0 aliphatic carbocycles. The zero-order valence-corrected chi connectivity index (χ0v) is 17.2. The normalized spacial score (nSPS) is 10.9. The van der Waals surface area contributed by atoms with Gasteiger partial charge in [-0.25, -0.2) is 0 Å². The minimum Gasteiger partial charge on any atom is -0.455 e. The van der Waals surface area contributed by atoms with Crippen molar-refractivity contribution in [2.45, 2.75) is 77.4 Å². The van der Waals surface area contributed by atoms with E-state index in [0.29, 0.717) is 11.4 Å².